The lowest BCUT2D eigenvalue weighted by Crippen LogP contribution is -2.30. The first-order valence-corrected chi connectivity index (χ1v) is 32.3. The van der Waals surface area contributed by atoms with Crippen LogP contribution in [0.2, 0.25) is 0 Å². The number of carbonyl (C=O) groups is 3. The van der Waals surface area contributed by atoms with E-state index in [4.69, 9.17) is 14.2 Å². The minimum atomic E-state index is -0.838. The van der Waals surface area contributed by atoms with Gasteiger partial charge in [0.2, 0.25) is 0 Å². The van der Waals surface area contributed by atoms with Crippen LogP contribution in [0, 0.1) is 0 Å². The van der Waals surface area contributed by atoms with Gasteiger partial charge >= 0.3 is 17.9 Å². The Morgan fingerprint density at radius 2 is 0.469 bits per heavy atom. The molecule has 0 fully saturated rings. The summed E-state index contributed by atoms with van der Waals surface area (Å²) in [6, 6.07) is 0. The van der Waals surface area contributed by atoms with Crippen molar-refractivity contribution >= 4 is 17.9 Å². The van der Waals surface area contributed by atoms with Crippen LogP contribution in [0.3, 0.4) is 0 Å². The van der Waals surface area contributed by atoms with Gasteiger partial charge < -0.3 is 14.2 Å². The molecule has 0 aromatic carbocycles. The zero-order valence-electron chi connectivity index (χ0n) is 51.7. The summed E-state index contributed by atoms with van der Waals surface area (Å²) in [7, 11) is 0. The maximum Gasteiger partial charge on any atom is 0.306 e. The van der Waals surface area contributed by atoms with Gasteiger partial charge in [-0.05, 0) is 141 Å². The van der Waals surface area contributed by atoms with Crippen molar-refractivity contribution in [3.63, 3.8) is 0 Å². The Labute approximate surface area is 497 Å². The highest BCUT2D eigenvalue weighted by molar-refractivity contribution is 5.71. The van der Waals surface area contributed by atoms with E-state index in [1.54, 1.807) is 0 Å². The van der Waals surface area contributed by atoms with Gasteiger partial charge in [0.25, 0.3) is 0 Å². The van der Waals surface area contributed by atoms with E-state index in [9.17, 15) is 14.4 Å². The van der Waals surface area contributed by atoms with Crippen LogP contribution in [-0.2, 0) is 28.6 Å². The van der Waals surface area contributed by atoms with Crippen LogP contribution in [-0.4, -0.2) is 37.2 Å². The Kier molecular flexibility index (Phi) is 62.5. The molecule has 0 heterocycles. The summed E-state index contributed by atoms with van der Waals surface area (Å²) in [6.07, 6.45) is 101. The van der Waals surface area contributed by atoms with Crippen LogP contribution in [0.15, 0.2) is 182 Å². The second kappa shape index (κ2) is 67.0. The van der Waals surface area contributed by atoms with Crippen molar-refractivity contribution in [1.82, 2.24) is 0 Å². The molecular weight excluding hydrogens is 997 g/mol. The molecule has 0 saturated heterocycles. The van der Waals surface area contributed by atoms with Gasteiger partial charge in [-0.3, -0.25) is 14.4 Å². The van der Waals surface area contributed by atoms with E-state index in [0.29, 0.717) is 19.3 Å². The van der Waals surface area contributed by atoms with E-state index in [1.807, 2.05) is 12.2 Å². The van der Waals surface area contributed by atoms with Gasteiger partial charge in [-0.2, -0.15) is 0 Å². The fourth-order valence-electron chi connectivity index (χ4n) is 8.19. The summed E-state index contributed by atoms with van der Waals surface area (Å²) in [5, 5.41) is 0. The Hall–Kier alpha value is -5.49. The molecule has 6 heteroatoms. The van der Waals surface area contributed by atoms with Gasteiger partial charge in [-0.25, -0.2) is 0 Å². The average molecular weight is 1110 g/mol. The summed E-state index contributed by atoms with van der Waals surface area (Å²) in [5.41, 5.74) is 0. The Bertz CT molecular complexity index is 1900. The normalized spacial score (nSPS) is 13.4. The molecule has 0 spiro atoms. The van der Waals surface area contributed by atoms with Gasteiger partial charge in [-0.15, -0.1) is 0 Å². The monoisotopic (exact) mass is 1110 g/mol. The quantitative estimate of drug-likeness (QED) is 0.0261. The van der Waals surface area contributed by atoms with E-state index in [0.717, 1.165) is 128 Å². The van der Waals surface area contributed by atoms with Crippen LogP contribution < -0.4 is 0 Å². The van der Waals surface area contributed by atoms with Gasteiger partial charge in [-0.1, -0.05) is 274 Å². The highest BCUT2D eigenvalue weighted by Gasteiger charge is 2.19. The number of allylic oxidation sites excluding steroid dienone is 30. The largest absolute Gasteiger partial charge is 0.462 e. The molecule has 0 aromatic rings. The Balaban J connectivity index is 4.27. The van der Waals surface area contributed by atoms with Crippen molar-refractivity contribution in [3.8, 4) is 0 Å². The minimum Gasteiger partial charge on any atom is -0.462 e. The number of ether oxygens (including phenoxy) is 3. The highest BCUT2D eigenvalue weighted by Crippen LogP contribution is 2.15. The molecule has 0 aliphatic rings. The molecule has 0 aromatic heterocycles. The number of hydrogen-bond acceptors (Lipinski definition) is 6. The standard InChI is InChI=1S/C75H116O6/c1-4-7-10-13-16-19-22-25-27-28-29-30-31-32-33-34-35-36-37-38-39-40-41-42-43-44-45-46-48-50-53-56-59-62-65-68-74(77)80-71-72(70-79-73(76)67-64-61-58-55-52-49-24-21-18-15-12-9-6-3)81-75(78)69-66-63-60-57-54-51-47-26-23-20-17-14-11-8-5-2/h7-12,16-21,25-27,29-30,32-33,35-36,38-39,47,49,52,54,57-58,61,72H,4-6,13-15,22-24,28,31,34,37,40-46,48,50-51,53,55-56,59-60,62-71H2,1-3H3/b10-7-,11-8-,12-9-,19-16-,20-17-,21-18-,27-25-,30-29-,33-32-,36-35-,39-38-,47-26-,52-49-,57-54-,61-58-. The molecule has 1 atom stereocenters. The topological polar surface area (TPSA) is 78.9 Å². The predicted octanol–water partition coefficient (Wildman–Crippen LogP) is 22.4. The van der Waals surface area contributed by atoms with Crippen molar-refractivity contribution in [1.29, 1.82) is 0 Å². The molecule has 1 unspecified atom stereocenters. The molecule has 452 valence electrons. The minimum absolute atomic E-state index is 0.125. The van der Waals surface area contributed by atoms with E-state index in [1.165, 1.54) is 70.6 Å². The summed E-state index contributed by atoms with van der Waals surface area (Å²) < 4.78 is 16.8. The number of carbonyl (C=O) groups excluding carboxylic acids is 3. The van der Waals surface area contributed by atoms with Crippen molar-refractivity contribution in [2.24, 2.45) is 0 Å². The van der Waals surface area contributed by atoms with Crippen LogP contribution in [0.1, 0.15) is 252 Å². The lowest BCUT2D eigenvalue weighted by Gasteiger charge is -2.18. The second-order valence-electron chi connectivity index (χ2n) is 20.5. The first kappa shape index (κ1) is 75.5. The molecule has 0 N–H and O–H groups in total. The molecule has 0 bridgehead atoms. The van der Waals surface area contributed by atoms with Crippen LogP contribution in [0.25, 0.3) is 0 Å². The van der Waals surface area contributed by atoms with Crippen molar-refractivity contribution in [2.75, 3.05) is 13.2 Å². The number of rotatable bonds is 56. The Morgan fingerprint density at radius 3 is 0.790 bits per heavy atom. The first-order valence-electron chi connectivity index (χ1n) is 32.3. The molecule has 81 heavy (non-hydrogen) atoms. The maximum absolute atomic E-state index is 12.8. The predicted molar refractivity (Wildman–Crippen MR) is 352 cm³/mol. The van der Waals surface area contributed by atoms with E-state index in [2.05, 4.69) is 191 Å². The summed E-state index contributed by atoms with van der Waals surface area (Å²) in [6.45, 7) is 6.18. The van der Waals surface area contributed by atoms with E-state index in [-0.39, 0.29) is 44.0 Å². The molecule has 0 amide bonds. The van der Waals surface area contributed by atoms with Crippen molar-refractivity contribution in [2.45, 2.75) is 258 Å². The average Bonchev–Trinajstić information content (AvgIpc) is 3.46. The molecular formula is C75H116O6. The molecule has 0 radical (unpaired) electrons. The maximum atomic E-state index is 12.8. The third-order valence-corrected chi connectivity index (χ3v) is 12.9. The number of unbranched alkanes of at least 4 members (excludes halogenated alkanes) is 15. The SMILES string of the molecule is CC/C=C\C/C=C\C/C=C\C/C=C\C/C=C\C/C=C\C/C=C\CCCCCCCCCCCCCCCC(=O)OCC(COC(=O)CC/C=C\C/C=C\C/C=C\C/C=C\CC)OC(=O)CCCC/C=C\C/C=C\C/C=C\C/C=C\CC. The lowest BCUT2D eigenvalue weighted by molar-refractivity contribution is -0.166. The van der Waals surface area contributed by atoms with Gasteiger partial charge in [0.15, 0.2) is 6.10 Å². The van der Waals surface area contributed by atoms with Crippen molar-refractivity contribution < 1.29 is 28.6 Å². The summed E-state index contributed by atoms with van der Waals surface area (Å²) in [4.78, 5) is 38.2. The van der Waals surface area contributed by atoms with Gasteiger partial charge in [0.05, 0.1) is 0 Å². The van der Waals surface area contributed by atoms with Gasteiger partial charge in [0.1, 0.15) is 13.2 Å². The second-order valence-corrected chi connectivity index (χ2v) is 20.5. The van der Waals surface area contributed by atoms with E-state index < -0.39 is 6.10 Å². The third kappa shape index (κ3) is 65.2. The molecule has 0 aliphatic carbocycles. The smallest absolute Gasteiger partial charge is 0.306 e. The van der Waals surface area contributed by atoms with Crippen LogP contribution in [0.5, 0.6) is 0 Å². The molecule has 6 nitrogen and oxygen atoms in total. The fraction of sp³-hybridized carbons (Fsp3) is 0.560. The highest BCUT2D eigenvalue weighted by atomic mass is 16.6. The van der Waals surface area contributed by atoms with E-state index >= 15 is 0 Å². The summed E-state index contributed by atoms with van der Waals surface area (Å²) in [5.74, 6) is -1.06. The van der Waals surface area contributed by atoms with Gasteiger partial charge in [0, 0.05) is 19.3 Å². The van der Waals surface area contributed by atoms with Crippen LogP contribution >= 0.6 is 0 Å². The third-order valence-electron chi connectivity index (χ3n) is 12.9. The zero-order valence-corrected chi connectivity index (χ0v) is 51.7. The molecule has 0 aliphatic heterocycles. The lowest BCUT2D eigenvalue weighted by atomic mass is 10.0. The number of esters is 3. The molecule has 0 saturated carbocycles. The van der Waals surface area contributed by atoms with Crippen molar-refractivity contribution in [3.05, 3.63) is 182 Å². The van der Waals surface area contributed by atoms with Crippen LogP contribution in [0.4, 0.5) is 0 Å². The number of hydrogen-bond donors (Lipinski definition) is 0. The summed E-state index contributed by atoms with van der Waals surface area (Å²) >= 11 is 0. The Morgan fingerprint density at radius 1 is 0.247 bits per heavy atom. The fourth-order valence-corrected chi connectivity index (χ4v) is 8.19. The molecule has 0 rings (SSSR count). The first-order chi connectivity index (χ1) is 40.0. The zero-order chi connectivity index (χ0) is 58.5.